The number of carboxylic acids is 1. The molecule has 0 bridgehead atoms. The Balaban J connectivity index is 2.70. The predicted octanol–water partition coefficient (Wildman–Crippen LogP) is 1.85. The Morgan fingerprint density at radius 1 is 1.37 bits per heavy atom. The maximum atomic E-state index is 12.4. The fraction of sp³-hybridized carbons (Fsp3) is 0.462. The summed E-state index contributed by atoms with van der Waals surface area (Å²) in [5.41, 5.74) is 1.43. The largest absolute Gasteiger partial charge is 0.480 e. The number of para-hydroxylation sites is 1. The zero-order valence-electron chi connectivity index (χ0n) is 11.0. The Morgan fingerprint density at radius 3 is 2.53 bits per heavy atom. The number of sulfone groups is 1. The summed E-state index contributed by atoms with van der Waals surface area (Å²) in [4.78, 5) is 11.3. The summed E-state index contributed by atoms with van der Waals surface area (Å²) in [6, 6.07) is 4.32. The summed E-state index contributed by atoms with van der Waals surface area (Å²) in [5.74, 6) is -1.16. The SMILES string of the molecule is CC(C)c1cccc2c1NC(C)C(C(=O)O)S2(=O)=O. The van der Waals surface area contributed by atoms with Crippen molar-refractivity contribution in [3.63, 3.8) is 0 Å². The highest BCUT2D eigenvalue weighted by molar-refractivity contribution is 7.93. The average Bonchev–Trinajstić information content (AvgIpc) is 2.26. The van der Waals surface area contributed by atoms with Crippen molar-refractivity contribution < 1.29 is 18.3 Å². The van der Waals surface area contributed by atoms with Gasteiger partial charge in [-0.15, -0.1) is 0 Å². The summed E-state index contributed by atoms with van der Waals surface area (Å²) in [7, 11) is -3.85. The molecule has 2 atom stereocenters. The number of anilines is 1. The van der Waals surface area contributed by atoms with Gasteiger partial charge >= 0.3 is 5.97 Å². The van der Waals surface area contributed by atoms with Gasteiger partial charge in [0, 0.05) is 0 Å². The lowest BCUT2D eigenvalue weighted by atomic mass is 10.00. The van der Waals surface area contributed by atoms with E-state index in [0.717, 1.165) is 5.56 Å². The third kappa shape index (κ3) is 2.10. The molecule has 0 spiro atoms. The Labute approximate surface area is 112 Å². The lowest BCUT2D eigenvalue weighted by Crippen LogP contribution is -2.47. The molecule has 2 rings (SSSR count). The number of hydrogen-bond donors (Lipinski definition) is 2. The topological polar surface area (TPSA) is 83.5 Å². The summed E-state index contributed by atoms with van der Waals surface area (Å²) in [6.45, 7) is 5.52. The Hall–Kier alpha value is -1.56. The van der Waals surface area contributed by atoms with Gasteiger partial charge in [-0.1, -0.05) is 26.0 Å². The second-order valence-corrected chi connectivity index (χ2v) is 7.15. The number of rotatable bonds is 2. The number of carbonyl (C=O) groups is 1. The minimum Gasteiger partial charge on any atom is -0.480 e. The number of fused-ring (bicyclic) bond motifs is 1. The highest BCUT2D eigenvalue weighted by Crippen LogP contribution is 2.37. The number of aliphatic carboxylic acids is 1. The van der Waals surface area contributed by atoms with Gasteiger partial charge in [0.2, 0.25) is 0 Å². The molecule has 0 saturated carbocycles. The molecular weight excluding hydrogens is 266 g/mol. The molecule has 104 valence electrons. The Morgan fingerprint density at radius 2 is 2.00 bits per heavy atom. The fourth-order valence-electron chi connectivity index (χ4n) is 2.48. The normalized spacial score (nSPS) is 24.6. The van der Waals surface area contributed by atoms with Crippen LogP contribution in [-0.2, 0) is 14.6 Å². The van der Waals surface area contributed by atoms with Gasteiger partial charge in [-0.05, 0) is 24.5 Å². The van der Waals surface area contributed by atoms with Crippen LogP contribution in [0.25, 0.3) is 0 Å². The van der Waals surface area contributed by atoms with Crippen LogP contribution in [0.2, 0.25) is 0 Å². The van der Waals surface area contributed by atoms with Crippen LogP contribution >= 0.6 is 0 Å². The van der Waals surface area contributed by atoms with Gasteiger partial charge in [0.15, 0.2) is 15.1 Å². The van der Waals surface area contributed by atoms with E-state index in [1.54, 1.807) is 13.0 Å². The van der Waals surface area contributed by atoms with Gasteiger partial charge in [0.1, 0.15) is 0 Å². The summed E-state index contributed by atoms with van der Waals surface area (Å²) >= 11 is 0. The van der Waals surface area contributed by atoms with Crippen molar-refractivity contribution in [3.05, 3.63) is 23.8 Å². The second kappa shape index (κ2) is 4.52. The van der Waals surface area contributed by atoms with E-state index < -0.39 is 27.1 Å². The molecule has 19 heavy (non-hydrogen) atoms. The van der Waals surface area contributed by atoms with Crippen molar-refractivity contribution >= 4 is 21.5 Å². The molecule has 2 N–H and O–H groups in total. The van der Waals surface area contributed by atoms with Gasteiger partial charge in [-0.25, -0.2) is 8.42 Å². The monoisotopic (exact) mass is 283 g/mol. The Kier molecular flexibility index (Phi) is 3.30. The number of carboxylic acid groups (broad SMARTS) is 1. The molecule has 1 heterocycles. The van der Waals surface area contributed by atoms with E-state index in [0.29, 0.717) is 5.69 Å². The van der Waals surface area contributed by atoms with Crippen molar-refractivity contribution in [2.24, 2.45) is 0 Å². The van der Waals surface area contributed by atoms with Gasteiger partial charge in [-0.3, -0.25) is 4.79 Å². The first-order chi connectivity index (χ1) is 8.76. The molecule has 0 radical (unpaired) electrons. The van der Waals surface area contributed by atoms with E-state index in [2.05, 4.69) is 5.32 Å². The van der Waals surface area contributed by atoms with Crippen LogP contribution in [0.3, 0.4) is 0 Å². The van der Waals surface area contributed by atoms with Crippen molar-refractivity contribution in [2.75, 3.05) is 5.32 Å². The van der Waals surface area contributed by atoms with E-state index >= 15 is 0 Å². The molecule has 5 nitrogen and oxygen atoms in total. The number of hydrogen-bond acceptors (Lipinski definition) is 4. The second-order valence-electron chi connectivity index (χ2n) is 5.11. The molecule has 1 aliphatic rings. The molecule has 6 heteroatoms. The number of nitrogens with one attached hydrogen (secondary N) is 1. The van der Waals surface area contributed by atoms with Gasteiger partial charge < -0.3 is 10.4 Å². The van der Waals surface area contributed by atoms with Gasteiger partial charge in [0.05, 0.1) is 16.6 Å². The van der Waals surface area contributed by atoms with E-state index in [9.17, 15) is 13.2 Å². The molecule has 1 aliphatic heterocycles. The van der Waals surface area contributed by atoms with E-state index in [4.69, 9.17) is 5.11 Å². The highest BCUT2D eigenvalue weighted by Gasteiger charge is 2.44. The van der Waals surface area contributed by atoms with E-state index in [1.165, 1.54) is 6.07 Å². The van der Waals surface area contributed by atoms with E-state index in [-0.39, 0.29) is 10.8 Å². The van der Waals surface area contributed by atoms with E-state index in [1.807, 2.05) is 19.9 Å². The quantitative estimate of drug-likeness (QED) is 0.865. The molecular formula is C13H17NO4S. The molecule has 0 fully saturated rings. The van der Waals surface area contributed by atoms with Crippen molar-refractivity contribution in [1.82, 2.24) is 0 Å². The summed E-state index contributed by atoms with van der Waals surface area (Å²) < 4.78 is 24.8. The molecule has 0 amide bonds. The zero-order valence-corrected chi connectivity index (χ0v) is 11.9. The van der Waals surface area contributed by atoms with Crippen molar-refractivity contribution in [2.45, 2.75) is 42.9 Å². The third-order valence-corrected chi connectivity index (χ3v) is 5.62. The first-order valence-corrected chi connectivity index (χ1v) is 7.67. The molecule has 1 aromatic carbocycles. The molecule has 0 aliphatic carbocycles. The predicted molar refractivity (Wildman–Crippen MR) is 72.2 cm³/mol. The van der Waals surface area contributed by atoms with Crippen molar-refractivity contribution in [1.29, 1.82) is 0 Å². The first kappa shape index (κ1) is 13.9. The van der Waals surface area contributed by atoms with Crippen LogP contribution < -0.4 is 5.32 Å². The standard InChI is InChI=1S/C13H17NO4S/c1-7(2)9-5-4-6-10-11(9)14-8(3)12(13(15)16)19(10,17)18/h4-8,12,14H,1-3H3,(H,15,16). The Bertz CT molecular complexity index is 622. The first-order valence-electron chi connectivity index (χ1n) is 6.13. The van der Waals surface area contributed by atoms with Crippen LogP contribution in [0.5, 0.6) is 0 Å². The highest BCUT2D eigenvalue weighted by atomic mass is 32.2. The smallest absolute Gasteiger partial charge is 0.324 e. The molecule has 0 aromatic heterocycles. The maximum absolute atomic E-state index is 12.4. The van der Waals surface area contributed by atoms with Crippen LogP contribution in [0, 0.1) is 0 Å². The van der Waals surface area contributed by atoms with Gasteiger partial charge in [0.25, 0.3) is 0 Å². The van der Waals surface area contributed by atoms with Crippen LogP contribution in [0.4, 0.5) is 5.69 Å². The zero-order chi connectivity index (χ0) is 14.4. The minimum absolute atomic E-state index is 0.0872. The number of benzene rings is 1. The molecule has 1 aromatic rings. The van der Waals surface area contributed by atoms with Crippen LogP contribution in [-0.4, -0.2) is 30.8 Å². The average molecular weight is 283 g/mol. The minimum atomic E-state index is -3.85. The van der Waals surface area contributed by atoms with Crippen LogP contribution in [0.1, 0.15) is 32.3 Å². The lowest BCUT2D eigenvalue weighted by Gasteiger charge is -2.31. The molecule has 2 unspecified atom stereocenters. The fourth-order valence-corrected chi connectivity index (χ4v) is 4.35. The molecule has 0 saturated heterocycles. The third-order valence-electron chi connectivity index (χ3n) is 3.39. The van der Waals surface area contributed by atoms with Crippen LogP contribution in [0.15, 0.2) is 23.1 Å². The maximum Gasteiger partial charge on any atom is 0.324 e. The van der Waals surface area contributed by atoms with Gasteiger partial charge in [-0.2, -0.15) is 0 Å². The summed E-state index contributed by atoms with van der Waals surface area (Å²) in [5, 5.41) is 10.7. The van der Waals surface area contributed by atoms with Crippen molar-refractivity contribution in [3.8, 4) is 0 Å². The lowest BCUT2D eigenvalue weighted by molar-refractivity contribution is -0.136. The summed E-state index contributed by atoms with van der Waals surface area (Å²) in [6.07, 6.45) is 0.